The van der Waals surface area contributed by atoms with Gasteiger partial charge in [0.2, 0.25) is 0 Å². The summed E-state index contributed by atoms with van der Waals surface area (Å²) in [5, 5.41) is 9.35. The molecule has 0 heterocycles. The highest BCUT2D eigenvalue weighted by Gasteiger charge is 2.31. The van der Waals surface area contributed by atoms with Gasteiger partial charge in [0.05, 0.1) is 13.0 Å². The average molecular weight is 266 g/mol. The van der Waals surface area contributed by atoms with Crippen LogP contribution in [0.15, 0.2) is 18.2 Å². The molecule has 0 radical (unpaired) electrons. The van der Waals surface area contributed by atoms with Crippen molar-refractivity contribution in [3.05, 3.63) is 29.6 Å². The molecule has 3 nitrogen and oxygen atoms in total. The molecule has 1 fully saturated rings. The van der Waals surface area contributed by atoms with Crippen LogP contribution in [0.2, 0.25) is 0 Å². The predicted molar refractivity (Wildman–Crippen MR) is 69.9 cm³/mol. The third-order valence-corrected chi connectivity index (χ3v) is 3.94. The Labute approximate surface area is 112 Å². The number of carboxylic acid groups (broad SMARTS) is 1. The Balaban J connectivity index is 2.30. The normalized spacial score (nSPS) is 23.7. The standard InChI is InChI=1S/C15H19FO3/c1-19-14-8-7-10(9-13(14)16)11-5-3-2-4-6-12(11)15(17)18/h7-9,11-12H,2-6H2,1H3,(H,17,18). The zero-order valence-corrected chi connectivity index (χ0v) is 11.1. The summed E-state index contributed by atoms with van der Waals surface area (Å²) >= 11 is 0. The molecule has 2 rings (SSSR count). The van der Waals surface area contributed by atoms with E-state index in [0.717, 1.165) is 31.2 Å². The first-order chi connectivity index (χ1) is 9.13. The smallest absolute Gasteiger partial charge is 0.307 e. The fourth-order valence-electron chi connectivity index (χ4n) is 2.92. The van der Waals surface area contributed by atoms with Gasteiger partial charge in [-0.25, -0.2) is 4.39 Å². The highest BCUT2D eigenvalue weighted by atomic mass is 19.1. The maximum absolute atomic E-state index is 13.8. The molecule has 19 heavy (non-hydrogen) atoms. The number of carboxylic acids is 1. The van der Waals surface area contributed by atoms with Gasteiger partial charge in [0, 0.05) is 0 Å². The van der Waals surface area contributed by atoms with E-state index in [4.69, 9.17) is 4.74 Å². The summed E-state index contributed by atoms with van der Waals surface area (Å²) in [5.41, 5.74) is 0.771. The lowest BCUT2D eigenvalue weighted by molar-refractivity contribution is -0.142. The topological polar surface area (TPSA) is 46.5 Å². The largest absolute Gasteiger partial charge is 0.494 e. The van der Waals surface area contributed by atoms with E-state index in [2.05, 4.69) is 0 Å². The minimum atomic E-state index is -0.775. The molecule has 0 bridgehead atoms. The van der Waals surface area contributed by atoms with E-state index in [9.17, 15) is 14.3 Å². The molecule has 1 aromatic rings. The lowest BCUT2D eigenvalue weighted by atomic mass is 9.82. The Bertz CT molecular complexity index is 459. The van der Waals surface area contributed by atoms with E-state index in [1.165, 1.54) is 13.2 Å². The molecule has 0 saturated heterocycles. The van der Waals surface area contributed by atoms with Crippen LogP contribution in [-0.2, 0) is 4.79 Å². The number of benzene rings is 1. The molecular formula is C15H19FO3. The highest BCUT2D eigenvalue weighted by Crippen LogP contribution is 2.37. The Morgan fingerprint density at radius 3 is 2.68 bits per heavy atom. The first-order valence-corrected chi connectivity index (χ1v) is 6.69. The lowest BCUT2D eigenvalue weighted by Crippen LogP contribution is -2.21. The fourth-order valence-corrected chi connectivity index (χ4v) is 2.92. The van der Waals surface area contributed by atoms with Crippen molar-refractivity contribution < 1.29 is 19.0 Å². The van der Waals surface area contributed by atoms with Crippen LogP contribution in [-0.4, -0.2) is 18.2 Å². The molecule has 4 heteroatoms. The maximum Gasteiger partial charge on any atom is 0.307 e. The third-order valence-electron chi connectivity index (χ3n) is 3.94. The molecule has 1 aliphatic carbocycles. The second-order valence-electron chi connectivity index (χ2n) is 5.08. The molecular weight excluding hydrogens is 247 g/mol. The molecule has 0 amide bonds. The van der Waals surface area contributed by atoms with Crippen LogP contribution < -0.4 is 4.74 Å². The van der Waals surface area contributed by atoms with Crippen LogP contribution in [0, 0.1) is 11.7 Å². The second kappa shape index (κ2) is 6.04. The number of hydrogen-bond donors (Lipinski definition) is 1. The van der Waals surface area contributed by atoms with E-state index in [1.807, 2.05) is 0 Å². The Morgan fingerprint density at radius 2 is 2.05 bits per heavy atom. The number of halogens is 1. The Hall–Kier alpha value is -1.58. The fraction of sp³-hybridized carbons (Fsp3) is 0.533. The SMILES string of the molecule is COc1ccc(C2CCCCCC2C(=O)O)cc1F. The van der Waals surface area contributed by atoms with Gasteiger partial charge in [0.25, 0.3) is 0 Å². The van der Waals surface area contributed by atoms with Crippen molar-refractivity contribution in [3.63, 3.8) is 0 Å². The van der Waals surface area contributed by atoms with Crippen LogP contribution in [0.5, 0.6) is 5.75 Å². The number of hydrogen-bond acceptors (Lipinski definition) is 2. The molecule has 104 valence electrons. The van der Waals surface area contributed by atoms with Gasteiger partial charge in [0.15, 0.2) is 11.6 Å². The zero-order valence-electron chi connectivity index (χ0n) is 11.1. The van der Waals surface area contributed by atoms with Crippen molar-refractivity contribution in [2.45, 2.75) is 38.0 Å². The quantitative estimate of drug-likeness (QED) is 0.850. The summed E-state index contributed by atoms with van der Waals surface area (Å²) in [4.78, 5) is 11.4. The molecule has 1 aliphatic rings. The maximum atomic E-state index is 13.8. The Kier molecular flexibility index (Phi) is 4.40. The summed E-state index contributed by atoms with van der Waals surface area (Å²) in [6.07, 6.45) is 4.48. The van der Waals surface area contributed by atoms with Gasteiger partial charge in [0.1, 0.15) is 0 Å². The summed E-state index contributed by atoms with van der Waals surface area (Å²) in [5.74, 6) is -1.50. The molecule has 1 saturated carbocycles. The minimum absolute atomic E-state index is 0.0968. The van der Waals surface area contributed by atoms with E-state index in [0.29, 0.717) is 6.42 Å². The van der Waals surface area contributed by atoms with Gasteiger partial charge in [-0.1, -0.05) is 25.3 Å². The molecule has 0 aromatic heterocycles. The van der Waals surface area contributed by atoms with Crippen LogP contribution in [0.3, 0.4) is 0 Å². The van der Waals surface area contributed by atoms with Gasteiger partial charge in [-0.05, 0) is 36.5 Å². The molecule has 2 atom stereocenters. The van der Waals surface area contributed by atoms with Gasteiger partial charge in [-0.3, -0.25) is 4.79 Å². The molecule has 2 unspecified atom stereocenters. The van der Waals surface area contributed by atoms with Crippen molar-refractivity contribution in [1.82, 2.24) is 0 Å². The number of carbonyl (C=O) groups is 1. The summed E-state index contributed by atoms with van der Waals surface area (Å²) in [7, 11) is 1.42. The van der Waals surface area contributed by atoms with Gasteiger partial charge in [-0.15, -0.1) is 0 Å². The van der Waals surface area contributed by atoms with Crippen LogP contribution in [0.4, 0.5) is 4.39 Å². The van der Waals surface area contributed by atoms with Gasteiger partial charge >= 0.3 is 5.97 Å². The second-order valence-corrected chi connectivity index (χ2v) is 5.08. The van der Waals surface area contributed by atoms with Crippen LogP contribution >= 0.6 is 0 Å². The molecule has 0 spiro atoms. The first kappa shape index (κ1) is 13.8. The summed E-state index contributed by atoms with van der Waals surface area (Å²) in [6.45, 7) is 0. The van der Waals surface area contributed by atoms with Crippen molar-refractivity contribution in [3.8, 4) is 5.75 Å². The monoisotopic (exact) mass is 266 g/mol. The van der Waals surface area contributed by atoms with E-state index >= 15 is 0 Å². The van der Waals surface area contributed by atoms with Crippen molar-refractivity contribution >= 4 is 5.97 Å². The number of ether oxygens (including phenoxy) is 1. The first-order valence-electron chi connectivity index (χ1n) is 6.69. The predicted octanol–water partition coefficient (Wildman–Crippen LogP) is 3.58. The third kappa shape index (κ3) is 3.06. The van der Waals surface area contributed by atoms with Crippen LogP contribution in [0.1, 0.15) is 43.6 Å². The summed E-state index contributed by atoms with van der Waals surface area (Å²) < 4.78 is 18.7. The number of methoxy groups -OCH3 is 1. The van der Waals surface area contributed by atoms with Gasteiger partial charge < -0.3 is 9.84 Å². The van der Waals surface area contributed by atoms with E-state index in [1.54, 1.807) is 12.1 Å². The van der Waals surface area contributed by atoms with Crippen molar-refractivity contribution in [2.75, 3.05) is 7.11 Å². The molecule has 0 aliphatic heterocycles. The van der Waals surface area contributed by atoms with E-state index in [-0.39, 0.29) is 11.7 Å². The minimum Gasteiger partial charge on any atom is -0.494 e. The molecule has 1 aromatic carbocycles. The number of rotatable bonds is 3. The summed E-state index contributed by atoms with van der Waals surface area (Å²) in [6, 6.07) is 4.78. The van der Waals surface area contributed by atoms with Gasteiger partial charge in [-0.2, -0.15) is 0 Å². The molecule has 1 N–H and O–H groups in total. The highest BCUT2D eigenvalue weighted by molar-refractivity contribution is 5.71. The zero-order chi connectivity index (χ0) is 13.8. The van der Waals surface area contributed by atoms with Crippen LogP contribution in [0.25, 0.3) is 0 Å². The van der Waals surface area contributed by atoms with E-state index < -0.39 is 17.7 Å². The van der Waals surface area contributed by atoms with Crippen molar-refractivity contribution in [2.24, 2.45) is 5.92 Å². The Morgan fingerprint density at radius 1 is 1.32 bits per heavy atom. The number of aliphatic carboxylic acids is 1. The van der Waals surface area contributed by atoms with Crippen molar-refractivity contribution in [1.29, 1.82) is 0 Å². The lowest BCUT2D eigenvalue weighted by Gasteiger charge is -2.22. The average Bonchev–Trinajstić information content (AvgIpc) is 2.64.